The number of likely N-dealkylation sites (tertiary alicyclic amines) is 1. The first-order chi connectivity index (χ1) is 9.74. The third kappa shape index (κ3) is 3.82. The molecule has 1 atom stereocenters. The molecule has 20 heavy (non-hydrogen) atoms. The van der Waals surface area contributed by atoms with Gasteiger partial charge in [-0.2, -0.15) is 5.26 Å². The van der Waals surface area contributed by atoms with Gasteiger partial charge in [-0.15, -0.1) is 0 Å². The topological polar surface area (TPSA) is 36.3 Å². The maximum Gasteiger partial charge on any atom is 0.0995 e. The van der Waals surface area contributed by atoms with E-state index in [1.54, 1.807) is 7.11 Å². The van der Waals surface area contributed by atoms with Crippen LogP contribution in [0.4, 0.5) is 0 Å². The maximum atomic E-state index is 9.14. The number of piperidine rings is 1. The average Bonchev–Trinajstić information content (AvgIpc) is 2.49. The maximum absolute atomic E-state index is 9.14. The molecule has 0 amide bonds. The number of hydrogen-bond donors (Lipinski definition) is 0. The van der Waals surface area contributed by atoms with Crippen molar-refractivity contribution in [2.45, 2.75) is 26.3 Å². The first-order valence-corrected chi connectivity index (χ1v) is 7.44. The lowest BCUT2D eigenvalue weighted by atomic mass is 9.86. The molecule has 1 aromatic carbocycles. The van der Waals surface area contributed by atoms with E-state index in [0.717, 1.165) is 43.3 Å². The summed E-state index contributed by atoms with van der Waals surface area (Å²) in [5.74, 6) is 1.42. The van der Waals surface area contributed by atoms with E-state index < -0.39 is 0 Å². The number of nitrogens with zero attached hydrogens (tertiary/aromatic N) is 2. The van der Waals surface area contributed by atoms with Crippen molar-refractivity contribution in [3.8, 4) is 6.07 Å². The zero-order valence-electron chi connectivity index (χ0n) is 12.5. The van der Waals surface area contributed by atoms with Crippen molar-refractivity contribution < 1.29 is 4.74 Å². The molecular formula is C17H24N2O. The zero-order chi connectivity index (χ0) is 14.4. The summed E-state index contributed by atoms with van der Waals surface area (Å²) in [7, 11) is 1.78. The lowest BCUT2D eigenvalue weighted by Gasteiger charge is -2.34. The van der Waals surface area contributed by atoms with Gasteiger partial charge in [0, 0.05) is 20.3 Å². The second kappa shape index (κ2) is 7.42. The molecule has 0 aromatic heterocycles. The molecule has 3 heteroatoms. The van der Waals surface area contributed by atoms with Gasteiger partial charge in [-0.3, -0.25) is 4.90 Å². The van der Waals surface area contributed by atoms with E-state index >= 15 is 0 Å². The standard InChI is InChI=1S/C17H24N2O/c1-14(13-20-2)15-7-9-19(10-8-15)12-17-6-4-3-5-16(17)11-18/h3-6,14-15H,7-10,12-13H2,1-2H3/t14-/m0/s1. The van der Waals surface area contributed by atoms with Crippen LogP contribution in [-0.4, -0.2) is 31.7 Å². The summed E-state index contributed by atoms with van der Waals surface area (Å²) in [6.07, 6.45) is 2.47. The SMILES string of the molecule is COC[C@H](C)C1CCN(Cc2ccccc2C#N)CC1. The van der Waals surface area contributed by atoms with Gasteiger partial charge in [0.1, 0.15) is 0 Å². The van der Waals surface area contributed by atoms with Gasteiger partial charge in [-0.25, -0.2) is 0 Å². The van der Waals surface area contributed by atoms with Crippen LogP contribution in [0.25, 0.3) is 0 Å². The summed E-state index contributed by atoms with van der Waals surface area (Å²) in [4.78, 5) is 2.46. The minimum absolute atomic E-state index is 0.647. The van der Waals surface area contributed by atoms with Crippen LogP contribution in [0.3, 0.4) is 0 Å². The number of hydrogen-bond acceptors (Lipinski definition) is 3. The highest BCUT2D eigenvalue weighted by Gasteiger charge is 2.24. The predicted molar refractivity (Wildman–Crippen MR) is 80.2 cm³/mol. The summed E-state index contributed by atoms with van der Waals surface area (Å²) in [6, 6.07) is 10.2. The molecule has 108 valence electrons. The van der Waals surface area contributed by atoms with Gasteiger partial charge in [-0.1, -0.05) is 25.1 Å². The smallest absolute Gasteiger partial charge is 0.0995 e. The Kier molecular flexibility index (Phi) is 5.58. The van der Waals surface area contributed by atoms with Crippen LogP contribution in [0.1, 0.15) is 30.9 Å². The Hall–Kier alpha value is -1.37. The highest BCUT2D eigenvalue weighted by Crippen LogP contribution is 2.26. The predicted octanol–water partition coefficient (Wildman–Crippen LogP) is 3.05. The first kappa shape index (κ1) is 15.0. The second-order valence-corrected chi connectivity index (χ2v) is 5.82. The van der Waals surface area contributed by atoms with Crippen molar-refractivity contribution in [3.05, 3.63) is 35.4 Å². The Labute approximate surface area is 122 Å². The van der Waals surface area contributed by atoms with Gasteiger partial charge in [0.25, 0.3) is 0 Å². The zero-order valence-corrected chi connectivity index (χ0v) is 12.5. The van der Waals surface area contributed by atoms with Crippen molar-refractivity contribution in [1.29, 1.82) is 5.26 Å². The Morgan fingerprint density at radius 1 is 1.35 bits per heavy atom. The second-order valence-electron chi connectivity index (χ2n) is 5.82. The quantitative estimate of drug-likeness (QED) is 0.826. The van der Waals surface area contributed by atoms with E-state index in [2.05, 4.69) is 24.0 Å². The minimum Gasteiger partial charge on any atom is -0.384 e. The van der Waals surface area contributed by atoms with E-state index in [-0.39, 0.29) is 0 Å². The Balaban J connectivity index is 1.87. The summed E-state index contributed by atoms with van der Waals surface area (Å²) in [6.45, 7) is 6.29. The molecule has 3 nitrogen and oxygen atoms in total. The molecule has 2 rings (SSSR count). The van der Waals surface area contributed by atoms with Crippen molar-refractivity contribution in [3.63, 3.8) is 0 Å². The van der Waals surface area contributed by atoms with E-state index in [1.165, 1.54) is 12.8 Å². The third-order valence-electron chi connectivity index (χ3n) is 4.40. The number of ether oxygens (including phenoxy) is 1. The van der Waals surface area contributed by atoms with Crippen LogP contribution < -0.4 is 0 Å². The van der Waals surface area contributed by atoms with Crippen LogP contribution in [0.2, 0.25) is 0 Å². The molecule has 1 aliphatic heterocycles. The minimum atomic E-state index is 0.647. The number of nitriles is 1. The number of benzene rings is 1. The van der Waals surface area contributed by atoms with Gasteiger partial charge in [0.15, 0.2) is 0 Å². The number of methoxy groups -OCH3 is 1. The molecule has 1 aromatic rings. The summed E-state index contributed by atoms with van der Waals surface area (Å²) >= 11 is 0. The lowest BCUT2D eigenvalue weighted by Crippen LogP contribution is -2.36. The third-order valence-corrected chi connectivity index (χ3v) is 4.40. The van der Waals surface area contributed by atoms with E-state index in [9.17, 15) is 0 Å². The van der Waals surface area contributed by atoms with Crippen LogP contribution in [-0.2, 0) is 11.3 Å². The molecule has 0 bridgehead atoms. The van der Waals surface area contributed by atoms with Crippen molar-refractivity contribution in [2.75, 3.05) is 26.8 Å². The van der Waals surface area contributed by atoms with Crippen molar-refractivity contribution in [1.82, 2.24) is 4.90 Å². The van der Waals surface area contributed by atoms with Crippen LogP contribution in [0.5, 0.6) is 0 Å². The fourth-order valence-electron chi connectivity index (χ4n) is 3.09. The van der Waals surface area contributed by atoms with Crippen LogP contribution in [0, 0.1) is 23.2 Å². The highest BCUT2D eigenvalue weighted by atomic mass is 16.5. The van der Waals surface area contributed by atoms with Gasteiger partial charge in [-0.05, 0) is 49.4 Å². The molecule has 0 N–H and O–H groups in total. The molecule has 0 saturated carbocycles. The molecule has 0 radical (unpaired) electrons. The fourth-order valence-corrected chi connectivity index (χ4v) is 3.09. The van der Waals surface area contributed by atoms with E-state index in [1.807, 2.05) is 18.2 Å². The molecule has 1 fully saturated rings. The Morgan fingerprint density at radius 3 is 2.70 bits per heavy atom. The van der Waals surface area contributed by atoms with E-state index in [0.29, 0.717) is 5.92 Å². The van der Waals surface area contributed by atoms with Crippen molar-refractivity contribution >= 4 is 0 Å². The van der Waals surface area contributed by atoms with E-state index in [4.69, 9.17) is 10.00 Å². The largest absolute Gasteiger partial charge is 0.384 e. The molecule has 0 aliphatic carbocycles. The van der Waals surface area contributed by atoms with Crippen LogP contribution >= 0.6 is 0 Å². The molecule has 0 unspecified atom stereocenters. The molecule has 0 spiro atoms. The molecule has 1 heterocycles. The molecule has 1 saturated heterocycles. The van der Waals surface area contributed by atoms with Gasteiger partial charge >= 0.3 is 0 Å². The average molecular weight is 272 g/mol. The summed E-state index contributed by atoms with van der Waals surface area (Å²) < 4.78 is 5.26. The van der Waals surface area contributed by atoms with Gasteiger partial charge in [0.05, 0.1) is 11.6 Å². The van der Waals surface area contributed by atoms with Gasteiger partial charge in [0.2, 0.25) is 0 Å². The molecular weight excluding hydrogens is 248 g/mol. The highest BCUT2D eigenvalue weighted by molar-refractivity contribution is 5.37. The normalized spacial score (nSPS) is 18.6. The first-order valence-electron chi connectivity index (χ1n) is 7.44. The van der Waals surface area contributed by atoms with Crippen LogP contribution in [0.15, 0.2) is 24.3 Å². The monoisotopic (exact) mass is 272 g/mol. The Bertz CT molecular complexity index is 458. The molecule has 1 aliphatic rings. The van der Waals surface area contributed by atoms with Crippen molar-refractivity contribution in [2.24, 2.45) is 11.8 Å². The Morgan fingerprint density at radius 2 is 2.05 bits per heavy atom. The van der Waals surface area contributed by atoms with Gasteiger partial charge < -0.3 is 4.74 Å². The lowest BCUT2D eigenvalue weighted by molar-refractivity contribution is 0.0879. The number of rotatable bonds is 5. The fraction of sp³-hybridized carbons (Fsp3) is 0.588. The summed E-state index contributed by atoms with van der Waals surface area (Å²) in [5, 5.41) is 9.14. The summed E-state index contributed by atoms with van der Waals surface area (Å²) in [5.41, 5.74) is 1.96.